The second-order valence-electron chi connectivity index (χ2n) is 6.40. The third kappa shape index (κ3) is 5.85. The van der Waals surface area contributed by atoms with Crippen LogP contribution in [0.2, 0.25) is 0 Å². The van der Waals surface area contributed by atoms with Crippen molar-refractivity contribution in [3.8, 4) is 5.75 Å². The van der Waals surface area contributed by atoms with Crippen molar-refractivity contribution < 1.29 is 14.3 Å². The normalized spacial score (nSPS) is 18.6. The highest BCUT2D eigenvalue weighted by Gasteiger charge is 2.22. The highest BCUT2D eigenvalue weighted by molar-refractivity contribution is 5.92. The zero-order valence-electron chi connectivity index (χ0n) is 14.2. The molecule has 1 aliphatic rings. The van der Waals surface area contributed by atoms with Crippen molar-refractivity contribution in [3.05, 3.63) is 24.3 Å². The predicted molar refractivity (Wildman–Crippen MR) is 93.8 cm³/mol. The molecule has 1 aliphatic heterocycles. The number of piperidine rings is 1. The van der Waals surface area contributed by atoms with Gasteiger partial charge in [0.1, 0.15) is 5.75 Å². The fourth-order valence-corrected chi connectivity index (χ4v) is 2.98. The molecule has 132 valence electrons. The summed E-state index contributed by atoms with van der Waals surface area (Å²) >= 11 is 0. The van der Waals surface area contributed by atoms with Gasteiger partial charge in [-0.3, -0.25) is 9.59 Å². The van der Waals surface area contributed by atoms with Crippen LogP contribution in [0.15, 0.2) is 24.3 Å². The van der Waals surface area contributed by atoms with Crippen molar-refractivity contribution in [1.82, 2.24) is 5.32 Å². The molecule has 1 aromatic carbocycles. The largest absolute Gasteiger partial charge is 0.491 e. The number of para-hydroxylation sites is 2. The number of anilines is 1. The molecule has 2 rings (SSSR count). The van der Waals surface area contributed by atoms with Crippen LogP contribution in [0, 0.1) is 11.8 Å². The minimum absolute atomic E-state index is 0.0148. The van der Waals surface area contributed by atoms with E-state index in [2.05, 4.69) is 17.6 Å². The Morgan fingerprint density at radius 2 is 2.21 bits per heavy atom. The van der Waals surface area contributed by atoms with E-state index in [1.165, 1.54) is 12.8 Å². The quantitative estimate of drug-likeness (QED) is 0.677. The van der Waals surface area contributed by atoms with E-state index < -0.39 is 5.91 Å². The summed E-state index contributed by atoms with van der Waals surface area (Å²) in [4.78, 5) is 23.1. The smallest absolute Gasteiger partial charge is 0.224 e. The second-order valence-corrected chi connectivity index (χ2v) is 6.40. The van der Waals surface area contributed by atoms with E-state index in [1.807, 2.05) is 12.1 Å². The maximum Gasteiger partial charge on any atom is 0.224 e. The number of primary amides is 1. The molecule has 1 fully saturated rings. The molecule has 0 spiro atoms. The predicted octanol–water partition coefficient (Wildman–Crippen LogP) is 1.91. The summed E-state index contributed by atoms with van der Waals surface area (Å²) in [7, 11) is 0. The molecule has 0 radical (unpaired) electrons. The summed E-state index contributed by atoms with van der Waals surface area (Å²) in [6.07, 6.45) is 2.98. The summed E-state index contributed by atoms with van der Waals surface area (Å²) in [5.74, 6) is 1.01. The van der Waals surface area contributed by atoms with Crippen LogP contribution in [-0.2, 0) is 9.59 Å². The molecule has 6 nitrogen and oxygen atoms in total. The number of rotatable bonds is 8. The molecular weight excluding hydrogens is 306 g/mol. The lowest BCUT2D eigenvalue weighted by molar-refractivity contribution is -0.119. The van der Waals surface area contributed by atoms with Crippen molar-refractivity contribution in [1.29, 1.82) is 0 Å². The lowest BCUT2D eigenvalue weighted by Crippen LogP contribution is -2.34. The number of amides is 2. The van der Waals surface area contributed by atoms with Crippen LogP contribution in [0.5, 0.6) is 5.75 Å². The van der Waals surface area contributed by atoms with Crippen LogP contribution in [0.25, 0.3) is 0 Å². The first-order chi connectivity index (χ1) is 11.6. The molecule has 1 heterocycles. The van der Waals surface area contributed by atoms with Crippen molar-refractivity contribution in [2.75, 3.05) is 25.0 Å². The molecule has 2 amide bonds. The minimum Gasteiger partial charge on any atom is -0.491 e. The van der Waals surface area contributed by atoms with Crippen molar-refractivity contribution in [3.63, 3.8) is 0 Å². The fraction of sp³-hybridized carbons (Fsp3) is 0.556. The topological polar surface area (TPSA) is 93.4 Å². The van der Waals surface area contributed by atoms with Gasteiger partial charge in [-0.2, -0.15) is 0 Å². The van der Waals surface area contributed by atoms with E-state index in [9.17, 15) is 9.59 Å². The Morgan fingerprint density at radius 3 is 2.92 bits per heavy atom. The maximum absolute atomic E-state index is 12.3. The van der Waals surface area contributed by atoms with Crippen LogP contribution in [-0.4, -0.2) is 31.5 Å². The van der Waals surface area contributed by atoms with Gasteiger partial charge in [-0.05, 0) is 49.9 Å². The number of carbonyl (C=O) groups excluding carboxylic acids is 2. The highest BCUT2D eigenvalue weighted by atomic mass is 16.5. The third-order valence-electron chi connectivity index (χ3n) is 4.41. The average molecular weight is 333 g/mol. The standard InChI is InChI=1S/C18H27N3O3/c1-13(14-5-4-9-20-12-14)11-18(23)21-15-6-2-3-7-16(15)24-10-8-17(19)22/h2-3,6-7,13-14,20H,4-5,8-12H2,1H3,(H2,19,22)(H,21,23). The molecule has 0 saturated carbocycles. The number of benzene rings is 1. The summed E-state index contributed by atoms with van der Waals surface area (Å²) in [6.45, 7) is 4.39. The van der Waals surface area contributed by atoms with Gasteiger partial charge >= 0.3 is 0 Å². The molecule has 0 aliphatic carbocycles. The van der Waals surface area contributed by atoms with Crippen LogP contribution >= 0.6 is 0 Å². The van der Waals surface area contributed by atoms with Gasteiger partial charge in [-0.25, -0.2) is 0 Å². The molecule has 4 N–H and O–H groups in total. The van der Waals surface area contributed by atoms with Crippen LogP contribution in [0.1, 0.15) is 32.6 Å². The molecule has 24 heavy (non-hydrogen) atoms. The SMILES string of the molecule is CC(CC(=O)Nc1ccccc1OCCC(N)=O)C1CCCNC1. The monoisotopic (exact) mass is 333 g/mol. The highest BCUT2D eigenvalue weighted by Crippen LogP contribution is 2.26. The second kappa shape index (κ2) is 9.27. The molecular formula is C18H27N3O3. The van der Waals surface area contributed by atoms with Crippen LogP contribution in [0.4, 0.5) is 5.69 Å². The van der Waals surface area contributed by atoms with E-state index in [-0.39, 0.29) is 18.9 Å². The lowest BCUT2D eigenvalue weighted by Gasteiger charge is -2.28. The average Bonchev–Trinajstić information content (AvgIpc) is 2.57. The first-order valence-electron chi connectivity index (χ1n) is 8.57. The zero-order valence-corrected chi connectivity index (χ0v) is 14.2. The summed E-state index contributed by atoms with van der Waals surface area (Å²) in [6, 6.07) is 7.23. The molecule has 0 bridgehead atoms. The number of carbonyl (C=O) groups is 2. The summed E-state index contributed by atoms with van der Waals surface area (Å²) in [5, 5.41) is 6.31. The van der Waals surface area contributed by atoms with Crippen molar-refractivity contribution in [2.45, 2.75) is 32.6 Å². The van der Waals surface area contributed by atoms with Crippen LogP contribution < -0.4 is 21.1 Å². The first kappa shape index (κ1) is 18.3. The van der Waals surface area contributed by atoms with Gasteiger partial charge in [0.25, 0.3) is 0 Å². The molecule has 1 saturated heterocycles. The van der Waals surface area contributed by atoms with Crippen LogP contribution in [0.3, 0.4) is 0 Å². The Kier molecular flexibility index (Phi) is 7.06. The fourth-order valence-electron chi connectivity index (χ4n) is 2.98. The van der Waals surface area contributed by atoms with E-state index in [4.69, 9.17) is 10.5 Å². The van der Waals surface area contributed by atoms with Gasteiger partial charge in [0.15, 0.2) is 0 Å². The Labute approximate surface area is 143 Å². The zero-order chi connectivity index (χ0) is 17.4. The number of nitrogens with one attached hydrogen (secondary N) is 2. The van der Waals surface area contributed by atoms with Gasteiger partial charge in [0.05, 0.1) is 18.7 Å². The Morgan fingerprint density at radius 1 is 1.42 bits per heavy atom. The molecule has 6 heteroatoms. The Balaban J connectivity index is 1.87. The van der Waals surface area contributed by atoms with E-state index in [0.29, 0.717) is 29.7 Å². The van der Waals surface area contributed by atoms with E-state index in [0.717, 1.165) is 13.1 Å². The van der Waals surface area contributed by atoms with Gasteiger partial charge < -0.3 is 21.1 Å². The van der Waals surface area contributed by atoms with E-state index >= 15 is 0 Å². The first-order valence-corrected chi connectivity index (χ1v) is 8.57. The molecule has 2 unspecified atom stereocenters. The number of hydrogen-bond donors (Lipinski definition) is 3. The maximum atomic E-state index is 12.3. The summed E-state index contributed by atoms with van der Waals surface area (Å²) < 4.78 is 5.54. The Bertz CT molecular complexity index is 556. The minimum atomic E-state index is -0.411. The van der Waals surface area contributed by atoms with E-state index in [1.54, 1.807) is 12.1 Å². The number of ether oxygens (including phenoxy) is 1. The van der Waals surface area contributed by atoms with Gasteiger partial charge in [0, 0.05) is 6.42 Å². The van der Waals surface area contributed by atoms with Gasteiger partial charge in [-0.1, -0.05) is 19.1 Å². The van der Waals surface area contributed by atoms with Gasteiger partial charge in [-0.15, -0.1) is 0 Å². The van der Waals surface area contributed by atoms with Gasteiger partial charge in [0.2, 0.25) is 11.8 Å². The summed E-state index contributed by atoms with van der Waals surface area (Å²) in [5.41, 5.74) is 5.73. The van der Waals surface area contributed by atoms with Crippen molar-refractivity contribution >= 4 is 17.5 Å². The number of hydrogen-bond acceptors (Lipinski definition) is 4. The Hall–Kier alpha value is -2.08. The molecule has 1 aromatic rings. The third-order valence-corrected chi connectivity index (χ3v) is 4.41. The lowest BCUT2D eigenvalue weighted by atomic mass is 9.85. The molecule has 2 atom stereocenters. The van der Waals surface area contributed by atoms with Crippen molar-refractivity contribution in [2.24, 2.45) is 17.6 Å². The number of nitrogens with two attached hydrogens (primary N) is 1. The molecule has 0 aromatic heterocycles.